The van der Waals surface area contributed by atoms with Crippen LogP contribution < -0.4 is 5.32 Å². The Morgan fingerprint density at radius 3 is 2.58 bits per heavy atom. The maximum Gasteiger partial charge on any atom is 0.0941 e. The Morgan fingerprint density at radius 2 is 1.89 bits per heavy atom. The largest absolute Gasteiger partial charge is 0.381 e. The molecule has 2 aliphatic heterocycles. The predicted octanol–water partition coefficient (Wildman–Crippen LogP) is 2.60. The van der Waals surface area contributed by atoms with Gasteiger partial charge in [-0.15, -0.1) is 0 Å². The van der Waals surface area contributed by atoms with E-state index < -0.39 is 0 Å². The van der Waals surface area contributed by atoms with E-state index in [2.05, 4.69) is 38.6 Å². The third kappa shape index (κ3) is 3.02. The molecule has 0 aromatic carbocycles. The zero-order chi connectivity index (χ0) is 12.7. The minimum atomic E-state index is 0.741. The van der Waals surface area contributed by atoms with Crippen molar-refractivity contribution >= 4 is 23.7 Å². The molecule has 3 fully saturated rings. The molecule has 4 rings (SSSR count). The molecule has 1 saturated heterocycles. The summed E-state index contributed by atoms with van der Waals surface area (Å²) < 4.78 is 2.49. The summed E-state index contributed by atoms with van der Waals surface area (Å²) in [6.45, 7) is 2.41. The lowest BCUT2D eigenvalue weighted by Crippen LogP contribution is -2.34. The average molecular weight is 295 g/mol. The Morgan fingerprint density at radius 1 is 1.11 bits per heavy atom. The van der Waals surface area contributed by atoms with E-state index in [1.54, 1.807) is 0 Å². The van der Waals surface area contributed by atoms with Gasteiger partial charge >= 0.3 is 0 Å². The fraction of sp³-hybridized carbons (Fsp3) is 0.714. The van der Waals surface area contributed by atoms with E-state index in [4.69, 9.17) is 0 Å². The first kappa shape index (κ1) is 12.3. The third-order valence-corrected chi connectivity index (χ3v) is 6.04. The molecular formula is C14H21N3S2. The molecule has 2 heterocycles. The van der Waals surface area contributed by atoms with E-state index in [1.165, 1.54) is 61.0 Å². The Balaban J connectivity index is 1.50. The van der Waals surface area contributed by atoms with E-state index in [0.29, 0.717) is 0 Å². The van der Waals surface area contributed by atoms with Crippen molar-refractivity contribution in [1.82, 2.24) is 14.5 Å². The maximum absolute atomic E-state index is 3.67. The fourth-order valence-corrected chi connectivity index (χ4v) is 4.58. The van der Waals surface area contributed by atoms with Crippen molar-refractivity contribution in [3.63, 3.8) is 0 Å². The van der Waals surface area contributed by atoms with Gasteiger partial charge in [0.05, 0.1) is 10.7 Å². The van der Waals surface area contributed by atoms with Crippen molar-refractivity contribution in [2.75, 3.05) is 24.6 Å². The zero-order valence-electron chi connectivity index (χ0n) is 11.2. The average Bonchev–Trinajstić information content (AvgIpc) is 3.33. The first-order valence-electron chi connectivity index (χ1n) is 7.37. The number of allylic oxidation sites excluding steroid dienone is 1. The van der Waals surface area contributed by atoms with Crippen molar-refractivity contribution in [1.29, 1.82) is 0 Å². The third-order valence-electron chi connectivity index (χ3n) is 3.92. The molecule has 5 heteroatoms. The molecule has 2 aliphatic carbocycles. The standard InChI is InChI=1S/C14H21N3S2/c1-2-11(1)15-12-9-14(16-5-7-18-8-6-16)19-17(10-12)13-3-4-13/h9-11,13,15H,1-8H2. The highest BCUT2D eigenvalue weighted by Gasteiger charge is 2.32. The van der Waals surface area contributed by atoms with E-state index >= 15 is 0 Å². The van der Waals surface area contributed by atoms with E-state index in [-0.39, 0.29) is 0 Å². The molecule has 1 N–H and O–H groups in total. The van der Waals surface area contributed by atoms with Gasteiger partial charge in [0, 0.05) is 54.8 Å². The lowest BCUT2D eigenvalue weighted by molar-refractivity contribution is 0.401. The molecule has 19 heavy (non-hydrogen) atoms. The van der Waals surface area contributed by atoms with Gasteiger partial charge < -0.3 is 14.5 Å². The second-order valence-electron chi connectivity index (χ2n) is 5.77. The quantitative estimate of drug-likeness (QED) is 0.801. The maximum atomic E-state index is 3.67. The van der Waals surface area contributed by atoms with E-state index in [0.717, 1.165) is 12.1 Å². The second kappa shape index (κ2) is 5.17. The van der Waals surface area contributed by atoms with Crippen LogP contribution in [0.15, 0.2) is 23.0 Å². The van der Waals surface area contributed by atoms with Gasteiger partial charge in [0.1, 0.15) is 0 Å². The number of hydrogen-bond acceptors (Lipinski definition) is 5. The van der Waals surface area contributed by atoms with Crippen LogP contribution in [0.4, 0.5) is 0 Å². The molecule has 0 radical (unpaired) electrons. The van der Waals surface area contributed by atoms with Gasteiger partial charge in [0.25, 0.3) is 0 Å². The van der Waals surface area contributed by atoms with Crippen LogP contribution in [-0.2, 0) is 0 Å². The number of nitrogens with one attached hydrogen (secondary N) is 1. The molecule has 4 aliphatic rings. The van der Waals surface area contributed by atoms with Gasteiger partial charge in [0.15, 0.2) is 0 Å². The summed E-state index contributed by atoms with van der Waals surface area (Å²) in [7, 11) is 0. The van der Waals surface area contributed by atoms with Crippen LogP contribution in [0.25, 0.3) is 0 Å². The molecule has 0 aromatic rings. The Bertz CT molecular complexity index is 407. The van der Waals surface area contributed by atoms with Crippen LogP contribution in [0.3, 0.4) is 0 Å². The minimum Gasteiger partial charge on any atom is -0.381 e. The van der Waals surface area contributed by atoms with Gasteiger partial charge in [-0.3, -0.25) is 0 Å². The molecule has 0 aromatic heterocycles. The number of hydrogen-bond donors (Lipinski definition) is 1. The highest BCUT2D eigenvalue weighted by molar-refractivity contribution is 8.01. The summed E-state index contributed by atoms with van der Waals surface area (Å²) in [5.41, 5.74) is 1.33. The van der Waals surface area contributed by atoms with Gasteiger partial charge in [-0.1, -0.05) is 0 Å². The number of nitrogens with zero attached hydrogens (tertiary/aromatic N) is 2. The predicted molar refractivity (Wildman–Crippen MR) is 83.7 cm³/mol. The Kier molecular flexibility index (Phi) is 3.35. The lowest BCUT2D eigenvalue weighted by Gasteiger charge is -2.35. The normalized spacial score (nSPS) is 28.0. The lowest BCUT2D eigenvalue weighted by atomic mass is 10.4. The zero-order valence-corrected chi connectivity index (χ0v) is 12.8. The summed E-state index contributed by atoms with van der Waals surface area (Å²) in [5, 5.41) is 5.13. The molecule has 0 atom stereocenters. The number of thioether (sulfide) groups is 1. The van der Waals surface area contributed by atoms with E-state index in [9.17, 15) is 0 Å². The molecular weight excluding hydrogens is 274 g/mol. The van der Waals surface area contributed by atoms with Crippen molar-refractivity contribution in [2.45, 2.75) is 37.8 Å². The van der Waals surface area contributed by atoms with Crippen LogP contribution in [0, 0.1) is 0 Å². The molecule has 0 spiro atoms. The highest BCUT2D eigenvalue weighted by Crippen LogP contribution is 2.40. The van der Waals surface area contributed by atoms with Crippen LogP contribution in [0.5, 0.6) is 0 Å². The molecule has 3 nitrogen and oxygen atoms in total. The second-order valence-corrected chi connectivity index (χ2v) is 8.01. The summed E-state index contributed by atoms with van der Waals surface area (Å²) in [6, 6.07) is 1.52. The minimum absolute atomic E-state index is 0.741. The van der Waals surface area contributed by atoms with Gasteiger partial charge in [-0.05, 0) is 31.8 Å². The Hall–Kier alpha value is -0.420. The van der Waals surface area contributed by atoms with Crippen molar-refractivity contribution in [2.24, 2.45) is 0 Å². The molecule has 0 bridgehead atoms. The first-order valence-corrected chi connectivity index (χ1v) is 9.30. The van der Waals surface area contributed by atoms with Crippen LogP contribution in [0.2, 0.25) is 0 Å². The van der Waals surface area contributed by atoms with Gasteiger partial charge in [-0.25, -0.2) is 0 Å². The monoisotopic (exact) mass is 295 g/mol. The first-order chi connectivity index (χ1) is 9.38. The van der Waals surface area contributed by atoms with Crippen molar-refractivity contribution in [3.05, 3.63) is 23.0 Å². The highest BCUT2D eigenvalue weighted by atomic mass is 32.2. The summed E-state index contributed by atoms with van der Waals surface area (Å²) in [5.74, 6) is 2.55. The summed E-state index contributed by atoms with van der Waals surface area (Å²) in [4.78, 5) is 2.57. The Labute approximate surface area is 124 Å². The molecule has 104 valence electrons. The molecule has 0 unspecified atom stereocenters. The summed E-state index contributed by atoms with van der Waals surface area (Å²) >= 11 is 4.04. The molecule has 2 saturated carbocycles. The van der Waals surface area contributed by atoms with Gasteiger partial charge in [-0.2, -0.15) is 11.8 Å². The van der Waals surface area contributed by atoms with Crippen LogP contribution >= 0.6 is 23.7 Å². The van der Waals surface area contributed by atoms with Crippen molar-refractivity contribution < 1.29 is 0 Å². The molecule has 0 amide bonds. The van der Waals surface area contributed by atoms with Gasteiger partial charge in [0.2, 0.25) is 0 Å². The van der Waals surface area contributed by atoms with Crippen LogP contribution in [-0.4, -0.2) is 45.9 Å². The van der Waals surface area contributed by atoms with Crippen LogP contribution in [0.1, 0.15) is 25.7 Å². The van der Waals surface area contributed by atoms with E-state index in [1.807, 2.05) is 11.9 Å². The smallest absolute Gasteiger partial charge is 0.0941 e. The SMILES string of the molecule is C1=C(NC2CC2)C=C(N2CCSCC2)SN1C1CC1. The van der Waals surface area contributed by atoms with Crippen molar-refractivity contribution in [3.8, 4) is 0 Å². The fourth-order valence-electron chi connectivity index (χ4n) is 2.45. The topological polar surface area (TPSA) is 18.5 Å². The number of rotatable bonds is 4. The summed E-state index contributed by atoms with van der Waals surface area (Å²) in [6.07, 6.45) is 10.1.